The minimum atomic E-state index is -5.61. The fourth-order valence-corrected chi connectivity index (χ4v) is 5.63. The number of amides is 1. The molecule has 2 nitrogen and oxygen atoms in total. The first-order valence-electron chi connectivity index (χ1n) is 8.76. The summed E-state index contributed by atoms with van der Waals surface area (Å²) < 4.78 is 93.7. The van der Waals surface area contributed by atoms with Crippen LogP contribution in [0.2, 0.25) is 0 Å². The number of carbonyl (C=O) groups is 1. The Labute approximate surface area is 150 Å². The summed E-state index contributed by atoms with van der Waals surface area (Å²) in [5, 5.41) is 1.86. The molecule has 4 aliphatic carbocycles. The first kappa shape index (κ1) is 18.6. The van der Waals surface area contributed by atoms with Crippen LogP contribution in [0.5, 0.6) is 0 Å². The molecular formula is C18H16F7NO. The van der Waals surface area contributed by atoms with Crippen LogP contribution in [0.4, 0.5) is 36.4 Å². The second kappa shape index (κ2) is 5.85. The minimum absolute atomic E-state index is 0.317. The van der Waals surface area contributed by atoms with E-state index in [1.54, 1.807) is 0 Å². The number of anilines is 1. The summed E-state index contributed by atoms with van der Waals surface area (Å²) >= 11 is 0. The molecule has 1 aromatic carbocycles. The molecular weight excluding hydrogens is 379 g/mol. The van der Waals surface area contributed by atoms with Crippen LogP contribution in [0.15, 0.2) is 0 Å². The highest BCUT2D eigenvalue weighted by molar-refractivity contribution is 5.96. The summed E-state index contributed by atoms with van der Waals surface area (Å²) in [5.41, 5.74) is -5.03. The molecule has 27 heavy (non-hydrogen) atoms. The van der Waals surface area contributed by atoms with Crippen LogP contribution in [0.1, 0.15) is 44.1 Å². The molecule has 5 rings (SSSR count). The van der Waals surface area contributed by atoms with E-state index in [1.807, 2.05) is 5.32 Å². The Morgan fingerprint density at radius 2 is 1.22 bits per heavy atom. The normalized spacial score (nSPS) is 32.0. The van der Waals surface area contributed by atoms with Gasteiger partial charge in [0, 0.05) is 0 Å². The number of rotatable bonds is 2. The molecule has 0 heterocycles. The van der Waals surface area contributed by atoms with E-state index in [0.717, 1.165) is 19.3 Å². The maximum Gasteiger partial charge on any atom is 0.422 e. The Balaban J connectivity index is 1.68. The first-order chi connectivity index (χ1) is 12.5. The summed E-state index contributed by atoms with van der Waals surface area (Å²) in [4.78, 5) is 12.8. The van der Waals surface area contributed by atoms with Gasteiger partial charge >= 0.3 is 6.18 Å². The summed E-state index contributed by atoms with van der Waals surface area (Å²) in [7, 11) is 0. The van der Waals surface area contributed by atoms with Gasteiger partial charge in [0.15, 0.2) is 23.3 Å². The van der Waals surface area contributed by atoms with Gasteiger partial charge in [-0.25, -0.2) is 17.6 Å². The Kier molecular flexibility index (Phi) is 4.02. The Hall–Kier alpha value is -1.80. The lowest BCUT2D eigenvalue weighted by atomic mass is 9.49. The van der Waals surface area contributed by atoms with E-state index < -0.39 is 52.0 Å². The summed E-state index contributed by atoms with van der Waals surface area (Å²) in [6.45, 7) is 0. The van der Waals surface area contributed by atoms with Crippen LogP contribution in [0, 0.1) is 46.4 Å². The van der Waals surface area contributed by atoms with E-state index in [1.165, 1.54) is 0 Å². The van der Waals surface area contributed by atoms with Gasteiger partial charge < -0.3 is 5.32 Å². The molecule has 4 bridgehead atoms. The van der Waals surface area contributed by atoms with Crippen LogP contribution in [0.3, 0.4) is 0 Å². The van der Waals surface area contributed by atoms with Crippen molar-refractivity contribution in [3.05, 3.63) is 28.8 Å². The number of benzene rings is 1. The van der Waals surface area contributed by atoms with Crippen molar-refractivity contribution in [2.45, 2.75) is 44.7 Å². The number of hydrogen-bond donors (Lipinski definition) is 1. The van der Waals surface area contributed by atoms with Gasteiger partial charge in [0.2, 0.25) is 5.91 Å². The van der Waals surface area contributed by atoms with Crippen molar-refractivity contribution in [3.63, 3.8) is 0 Å². The second-order valence-electron chi connectivity index (χ2n) is 8.16. The predicted molar refractivity (Wildman–Crippen MR) is 80.5 cm³/mol. The molecule has 1 N–H and O–H groups in total. The highest BCUT2D eigenvalue weighted by Crippen LogP contribution is 2.60. The molecule has 0 aliphatic heterocycles. The molecule has 1 aromatic rings. The van der Waals surface area contributed by atoms with Gasteiger partial charge in [0.05, 0.1) is 5.41 Å². The second-order valence-corrected chi connectivity index (χ2v) is 8.16. The molecule has 0 atom stereocenters. The maximum atomic E-state index is 14.1. The van der Waals surface area contributed by atoms with Crippen LogP contribution >= 0.6 is 0 Å². The third-order valence-corrected chi connectivity index (χ3v) is 6.31. The van der Waals surface area contributed by atoms with Gasteiger partial charge in [-0.15, -0.1) is 0 Å². The molecule has 0 unspecified atom stereocenters. The number of alkyl halides is 3. The summed E-state index contributed by atoms with van der Waals surface area (Å²) in [5.74, 6) is -9.46. The largest absolute Gasteiger partial charge is 0.422 e. The van der Waals surface area contributed by atoms with Gasteiger partial charge in [-0.3, -0.25) is 4.79 Å². The van der Waals surface area contributed by atoms with Crippen molar-refractivity contribution in [2.75, 3.05) is 5.32 Å². The number of hydrogen-bond acceptors (Lipinski definition) is 1. The van der Waals surface area contributed by atoms with Crippen molar-refractivity contribution >= 4 is 11.6 Å². The first-order valence-corrected chi connectivity index (χ1v) is 8.76. The zero-order chi connectivity index (χ0) is 19.7. The molecule has 4 fully saturated rings. The van der Waals surface area contributed by atoms with Gasteiger partial charge in [-0.05, 0) is 56.3 Å². The number of carbonyl (C=O) groups excluding carboxylic acids is 1. The monoisotopic (exact) mass is 395 g/mol. The van der Waals surface area contributed by atoms with E-state index in [-0.39, 0.29) is 0 Å². The van der Waals surface area contributed by atoms with Gasteiger partial charge in [-0.1, -0.05) is 0 Å². The third-order valence-electron chi connectivity index (χ3n) is 6.31. The highest BCUT2D eigenvalue weighted by Gasteiger charge is 2.55. The van der Waals surface area contributed by atoms with Crippen molar-refractivity contribution in [1.29, 1.82) is 0 Å². The molecule has 148 valence electrons. The quantitative estimate of drug-likeness (QED) is 0.526. The van der Waals surface area contributed by atoms with E-state index in [0.29, 0.717) is 37.0 Å². The van der Waals surface area contributed by atoms with Crippen LogP contribution in [-0.2, 0) is 11.0 Å². The summed E-state index contributed by atoms with van der Waals surface area (Å²) in [6, 6.07) is 0. The maximum absolute atomic E-state index is 14.1. The fraction of sp³-hybridized carbons (Fsp3) is 0.611. The van der Waals surface area contributed by atoms with Crippen molar-refractivity contribution in [1.82, 2.24) is 0 Å². The van der Waals surface area contributed by atoms with Crippen molar-refractivity contribution in [3.8, 4) is 0 Å². The molecule has 4 aliphatic rings. The molecule has 0 aromatic heterocycles. The molecule has 0 saturated heterocycles. The van der Waals surface area contributed by atoms with E-state index >= 15 is 0 Å². The van der Waals surface area contributed by atoms with Crippen LogP contribution in [-0.4, -0.2) is 5.91 Å². The third kappa shape index (κ3) is 2.81. The van der Waals surface area contributed by atoms with Crippen molar-refractivity contribution in [2.24, 2.45) is 23.2 Å². The molecule has 1 amide bonds. The predicted octanol–water partition coefficient (Wildman–Crippen LogP) is 5.42. The van der Waals surface area contributed by atoms with Gasteiger partial charge in [-0.2, -0.15) is 13.2 Å². The summed E-state index contributed by atoms with van der Waals surface area (Å²) in [6.07, 6.45) is -1.12. The smallest absolute Gasteiger partial charge is 0.321 e. The molecule has 4 saturated carbocycles. The Bertz CT molecular complexity index is 753. The van der Waals surface area contributed by atoms with E-state index in [9.17, 15) is 35.5 Å². The average molecular weight is 395 g/mol. The lowest BCUT2D eigenvalue weighted by molar-refractivity contribution is -0.143. The topological polar surface area (TPSA) is 29.1 Å². The van der Waals surface area contributed by atoms with E-state index in [2.05, 4.69) is 0 Å². The molecule has 0 spiro atoms. The number of nitrogens with one attached hydrogen (secondary N) is 1. The fourth-order valence-electron chi connectivity index (χ4n) is 5.63. The van der Waals surface area contributed by atoms with E-state index in [4.69, 9.17) is 0 Å². The van der Waals surface area contributed by atoms with Crippen molar-refractivity contribution < 1.29 is 35.5 Å². The average Bonchev–Trinajstić information content (AvgIpc) is 2.54. The minimum Gasteiger partial charge on any atom is -0.321 e. The standard InChI is InChI=1S/C18H16F7NO/c19-11-10(18(23,24)25)12(20)14(22)15(13(11)21)26-16(27)17-4-7-1-8(5-17)3-9(2-7)6-17/h7-9H,1-6H2,(H,26,27). The zero-order valence-corrected chi connectivity index (χ0v) is 14.0. The van der Waals surface area contributed by atoms with Crippen LogP contribution < -0.4 is 5.32 Å². The SMILES string of the molecule is O=C(Nc1c(F)c(F)c(C(F)(F)F)c(F)c1F)C12CC3CC(CC(C3)C1)C2. The van der Waals surface area contributed by atoms with Gasteiger partial charge in [0.25, 0.3) is 0 Å². The van der Waals surface area contributed by atoms with Crippen LogP contribution in [0.25, 0.3) is 0 Å². The Morgan fingerprint density at radius 1 is 0.815 bits per heavy atom. The van der Waals surface area contributed by atoms with Gasteiger partial charge in [0.1, 0.15) is 11.3 Å². The molecule has 0 radical (unpaired) electrons. The Morgan fingerprint density at radius 3 is 1.59 bits per heavy atom. The molecule has 9 heteroatoms. The highest BCUT2D eigenvalue weighted by atomic mass is 19.4. The lowest BCUT2D eigenvalue weighted by Crippen LogP contribution is -2.52. The lowest BCUT2D eigenvalue weighted by Gasteiger charge is -2.55. The number of halogens is 7. The zero-order valence-electron chi connectivity index (χ0n) is 14.0.